The number of amides is 1. The van der Waals surface area contributed by atoms with Gasteiger partial charge in [0.1, 0.15) is 5.75 Å². The number of carbonyl (C=O) groups excluding carboxylic acids is 1. The Morgan fingerprint density at radius 3 is 2.41 bits per heavy atom. The Labute approximate surface area is 158 Å². The second-order valence-electron chi connectivity index (χ2n) is 6.55. The molecule has 144 valence electrons. The van der Waals surface area contributed by atoms with E-state index in [-0.39, 0.29) is 17.8 Å². The van der Waals surface area contributed by atoms with Crippen LogP contribution in [0.2, 0.25) is 0 Å². The van der Waals surface area contributed by atoms with Crippen molar-refractivity contribution in [3.05, 3.63) is 59.4 Å². The summed E-state index contributed by atoms with van der Waals surface area (Å²) in [5, 5.41) is 0. The topological polar surface area (TPSA) is 48.0 Å². The van der Waals surface area contributed by atoms with E-state index in [1.807, 2.05) is 24.3 Å². The summed E-state index contributed by atoms with van der Waals surface area (Å²) in [6.07, 6.45) is 1.18. The molecule has 0 radical (unpaired) electrons. The van der Waals surface area contributed by atoms with Crippen molar-refractivity contribution in [2.75, 3.05) is 27.3 Å². The number of hydrogen-bond acceptors (Lipinski definition) is 4. The zero-order valence-corrected chi connectivity index (χ0v) is 15.6. The summed E-state index contributed by atoms with van der Waals surface area (Å²) in [5.74, 6) is 0.754. The second-order valence-corrected chi connectivity index (χ2v) is 6.55. The molecule has 0 spiro atoms. The fourth-order valence-electron chi connectivity index (χ4n) is 2.96. The van der Waals surface area contributed by atoms with Crippen molar-refractivity contribution in [2.24, 2.45) is 0 Å². The van der Waals surface area contributed by atoms with Gasteiger partial charge in [-0.2, -0.15) is 0 Å². The van der Waals surface area contributed by atoms with E-state index in [0.29, 0.717) is 32.5 Å². The predicted octanol–water partition coefficient (Wildman–Crippen LogP) is 3.20. The second kappa shape index (κ2) is 8.86. The van der Waals surface area contributed by atoms with Crippen molar-refractivity contribution in [1.82, 2.24) is 4.90 Å². The van der Waals surface area contributed by atoms with E-state index >= 15 is 0 Å². The monoisotopic (exact) mass is 373 g/mol. The zero-order chi connectivity index (χ0) is 19.2. The Kier molecular flexibility index (Phi) is 6.29. The number of carbonyl (C=O) groups is 1. The molecule has 5 nitrogen and oxygen atoms in total. The third kappa shape index (κ3) is 4.98. The summed E-state index contributed by atoms with van der Waals surface area (Å²) in [6.45, 7) is 1.49. The van der Waals surface area contributed by atoms with Crippen LogP contribution in [0, 0.1) is 5.82 Å². The maximum absolute atomic E-state index is 13.7. The number of methoxy groups -OCH3 is 2. The van der Waals surface area contributed by atoms with Crippen LogP contribution in [0.4, 0.5) is 4.39 Å². The van der Waals surface area contributed by atoms with Gasteiger partial charge >= 0.3 is 0 Å². The molecule has 1 aliphatic heterocycles. The molecule has 3 rings (SSSR count). The van der Waals surface area contributed by atoms with Crippen LogP contribution >= 0.6 is 0 Å². The van der Waals surface area contributed by atoms with Crippen LogP contribution < -0.4 is 9.47 Å². The van der Waals surface area contributed by atoms with Crippen molar-refractivity contribution in [3.63, 3.8) is 0 Å². The van der Waals surface area contributed by atoms with Crippen LogP contribution in [0.3, 0.4) is 0 Å². The highest BCUT2D eigenvalue weighted by atomic mass is 19.1. The number of ether oxygens (including phenoxy) is 3. The molecular weight excluding hydrogens is 349 g/mol. The molecule has 1 fully saturated rings. The number of rotatable bonds is 8. The van der Waals surface area contributed by atoms with Crippen molar-refractivity contribution in [1.29, 1.82) is 0 Å². The molecule has 0 atom stereocenters. The van der Waals surface area contributed by atoms with E-state index in [9.17, 15) is 9.18 Å². The van der Waals surface area contributed by atoms with Crippen LogP contribution in [0.25, 0.3) is 0 Å². The largest absolute Gasteiger partial charge is 0.497 e. The average molecular weight is 373 g/mol. The molecule has 0 bridgehead atoms. The SMILES string of the molecule is COc1ccc(CCC(=O)N2CC(OCc3ccc(OC)c(F)c3)C2)cc1. The van der Waals surface area contributed by atoms with E-state index in [4.69, 9.17) is 14.2 Å². The van der Waals surface area contributed by atoms with Crippen molar-refractivity contribution in [3.8, 4) is 11.5 Å². The normalized spacial score (nSPS) is 14.0. The Morgan fingerprint density at radius 2 is 1.78 bits per heavy atom. The van der Waals surface area contributed by atoms with Gasteiger partial charge in [-0.1, -0.05) is 18.2 Å². The van der Waals surface area contributed by atoms with Crippen molar-refractivity contribution in [2.45, 2.75) is 25.6 Å². The lowest BCUT2D eigenvalue weighted by atomic mass is 10.1. The van der Waals surface area contributed by atoms with Gasteiger partial charge in [0.2, 0.25) is 5.91 Å². The third-order valence-corrected chi connectivity index (χ3v) is 4.69. The quantitative estimate of drug-likeness (QED) is 0.713. The van der Waals surface area contributed by atoms with E-state index in [0.717, 1.165) is 16.9 Å². The molecule has 0 aliphatic carbocycles. The van der Waals surface area contributed by atoms with Gasteiger partial charge in [-0.05, 0) is 41.8 Å². The van der Waals surface area contributed by atoms with Crippen molar-refractivity contribution < 1.29 is 23.4 Å². The molecular formula is C21H24FNO4. The maximum atomic E-state index is 13.7. The lowest BCUT2D eigenvalue weighted by Crippen LogP contribution is -2.54. The van der Waals surface area contributed by atoms with Gasteiger partial charge in [0, 0.05) is 19.5 Å². The number of aryl methyl sites for hydroxylation is 1. The summed E-state index contributed by atoms with van der Waals surface area (Å²) >= 11 is 0. The molecule has 2 aromatic rings. The molecule has 2 aromatic carbocycles. The maximum Gasteiger partial charge on any atom is 0.223 e. The minimum Gasteiger partial charge on any atom is -0.497 e. The van der Waals surface area contributed by atoms with Crippen LogP contribution in [0.15, 0.2) is 42.5 Å². The first-order valence-corrected chi connectivity index (χ1v) is 8.93. The van der Waals surface area contributed by atoms with Crippen LogP contribution in [-0.2, 0) is 22.6 Å². The fourth-order valence-corrected chi connectivity index (χ4v) is 2.96. The van der Waals surface area contributed by atoms with Gasteiger partial charge in [0.25, 0.3) is 0 Å². The molecule has 27 heavy (non-hydrogen) atoms. The lowest BCUT2D eigenvalue weighted by molar-refractivity contribution is -0.145. The summed E-state index contributed by atoms with van der Waals surface area (Å²) < 4.78 is 29.4. The summed E-state index contributed by atoms with van der Waals surface area (Å²) in [7, 11) is 3.06. The minimum atomic E-state index is -0.400. The minimum absolute atomic E-state index is 0.0000920. The molecule has 0 N–H and O–H groups in total. The first-order valence-electron chi connectivity index (χ1n) is 8.93. The zero-order valence-electron chi connectivity index (χ0n) is 15.6. The van der Waals surface area contributed by atoms with Crippen LogP contribution in [0.5, 0.6) is 11.5 Å². The number of likely N-dealkylation sites (tertiary alicyclic amines) is 1. The van der Waals surface area contributed by atoms with Gasteiger partial charge in [0.15, 0.2) is 11.6 Å². The Hall–Kier alpha value is -2.60. The number of hydrogen-bond donors (Lipinski definition) is 0. The smallest absolute Gasteiger partial charge is 0.223 e. The first kappa shape index (κ1) is 19.2. The molecule has 0 saturated carbocycles. The Bertz CT molecular complexity index is 772. The average Bonchev–Trinajstić information content (AvgIpc) is 2.65. The first-order chi connectivity index (χ1) is 13.1. The van der Waals surface area contributed by atoms with Gasteiger partial charge in [-0.25, -0.2) is 4.39 Å². The summed E-state index contributed by atoms with van der Waals surface area (Å²) in [6, 6.07) is 12.5. The molecule has 1 aliphatic rings. The highest BCUT2D eigenvalue weighted by molar-refractivity contribution is 5.77. The van der Waals surface area contributed by atoms with Crippen LogP contribution in [0.1, 0.15) is 17.5 Å². The fraction of sp³-hybridized carbons (Fsp3) is 0.381. The van der Waals surface area contributed by atoms with E-state index in [1.54, 1.807) is 24.1 Å². The highest BCUT2D eigenvalue weighted by Crippen LogP contribution is 2.20. The van der Waals surface area contributed by atoms with E-state index in [1.165, 1.54) is 13.2 Å². The third-order valence-electron chi connectivity index (χ3n) is 4.69. The molecule has 0 aromatic heterocycles. The number of nitrogens with zero attached hydrogens (tertiary/aromatic N) is 1. The van der Waals surface area contributed by atoms with Gasteiger partial charge < -0.3 is 19.1 Å². The molecule has 1 amide bonds. The Morgan fingerprint density at radius 1 is 1.07 bits per heavy atom. The summed E-state index contributed by atoms with van der Waals surface area (Å²) in [5.41, 5.74) is 1.86. The molecule has 6 heteroatoms. The molecule has 0 unspecified atom stereocenters. The van der Waals surface area contributed by atoms with Gasteiger partial charge in [-0.15, -0.1) is 0 Å². The molecule has 1 saturated heterocycles. The summed E-state index contributed by atoms with van der Waals surface area (Å²) in [4.78, 5) is 14.0. The van der Waals surface area contributed by atoms with Gasteiger partial charge in [0.05, 0.1) is 26.9 Å². The van der Waals surface area contributed by atoms with E-state index in [2.05, 4.69) is 0 Å². The predicted molar refractivity (Wildman–Crippen MR) is 99.4 cm³/mol. The molecule has 1 heterocycles. The van der Waals surface area contributed by atoms with Gasteiger partial charge in [-0.3, -0.25) is 4.79 Å². The number of benzene rings is 2. The Balaban J connectivity index is 1.37. The standard InChI is InChI=1S/C21H24FNO4/c1-25-17-7-3-15(4-8-17)6-10-21(24)23-12-18(13-23)27-14-16-5-9-20(26-2)19(22)11-16/h3-5,7-9,11,18H,6,10,12-14H2,1-2H3. The van der Waals surface area contributed by atoms with Crippen LogP contribution in [-0.4, -0.2) is 44.2 Å². The van der Waals surface area contributed by atoms with E-state index < -0.39 is 5.82 Å². The highest BCUT2D eigenvalue weighted by Gasteiger charge is 2.30. The number of halogens is 1. The van der Waals surface area contributed by atoms with Crippen molar-refractivity contribution >= 4 is 5.91 Å². The lowest BCUT2D eigenvalue weighted by Gasteiger charge is -2.39.